The third kappa shape index (κ3) is 4.09. The Kier molecular flexibility index (Phi) is 5.05. The monoisotopic (exact) mass is 327 g/mol. The number of urea groups is 1. The van der Waals surface area contributed by atoms with E-state index < -0.39 is 0 Å². The summed E-state index contributed by atoms with van der Waals surface area (Å²) in [4.78, 5) is 26.9. The molecule has 1 fully saturated rings. The summed E-state index contributed by atoms with van der Waals surface area (Å²) >= 11 is 0. The first-order valence-corrected chi connectivity index (χ1v) is 7.98. The van der Waals surface area contributed by atoms with E-state index in [0.717, 1.165) is 37.7 Å². The first kappa shape index (κ1) is 16.0. The minimum atomic E-state index is -0.205. The highest BCUT2D eigenvalue weighted by molar-refractivity contribution is 5.89. The summed E-state index contributed by atoms with van der Waals surface area (Å²) in [7, 11) is 1.80. The van der Waals surface area contributed by atoms with E-state index in [0.29, 0.717) is 5.69 Å². The lowest BCUT2D eigenvalue weighted by Gasteiger charge is -2.32. The summed E-state index contributed by atoms with van der Waals surface area (Å²) < 4.78 is 0. The normalized spacial score (nSPS) is 15.0. The van der Waals surface area contributed by atoms with Crippen molar-refractivity contribution in [3.8, 4) is 0 Å². The molecule has 2 amide bonds. The van der Waals surface area contributed by atoms with Crippen molar-refractivity contribution >= 4 is 23.5 Å². The van der Waals surface area contributed by atoms with E-state index in [-0.39, 0.29) is 12.1 Å². The highest BCUT2D eigenvalue weighted by atomic mass is 16.2. The lowest BCUT2D eigenvalue weighted by molar-refractivity contribution is 0.246. The van der Waals surface area contributed by atoms with Gasteiger partial charge in [-0.05, 0) is 31.0 Å². The van der Waals surface area contributed by atoms with E-state index >= 15 is 0 Å². The Bertz CT molecular complexity index is 654. The lowest BCUT2D eigenvalue weighted by atomic mass is 10.1. The molecule has 0 aromatic carbocycles. The summed E-state index contributed by atoms with van der Waals surface area (Å²) in [5, 5.41) is 8.75. The van der Waals surface area contributed by atoms with Gasteiger partial charge in [0.05, 0.1) is 11.9 Å². The summed E-state index contributed by atoms with van der Waals surface area (Å²) in [5.41, 5.74) is 0.668. The van der Waals surface area contributed by atoms with Crippen LogP contribution in [-0.2, 0) is 0 Å². The lowest BCUT2D eigenvalue weighted by Crippen LogP contribution is -2.46. The number of hydrogen-bond acceptors (Lipinski definition) is 6. The van der Waals surface area contributed by atoms with Gasteiger partial charge in [0, 0.05) is 38.6 Å². The Morgan fingerprint density at radius 2 is 1.92 bits per heavy atom. The van der Waals surface area contributed by atoms with E-state index in [9.17, 15) is 4.79 Å². The minimum Gasteiger partial charge on any atom is -0.373 e. The zero-order valence-corrected chi connectivity index (χ0v) is 13.6. The van der Waals surface area contributed by atoms with Crippen LogP contribution in [0, 0.1) is 0 Å². The summed E-state index contributed by atoms with van der Waals surface area (Å²) in [5.74, 6) is 1.51. The van der Waals surface area contributed by atoms with E-state index in [4.69, 9.17) is 0 Å². The topological polar surface area (TPSA) is 95.1 Å². The van der Waals surface area contributed by atoms with Crippen LogP contribution < -0.4 is 20.9 Å². The SMILES string of the molecule is CNc1ccc(NC(=O)NC2CCN(c3ncccn3)CC2)cn1. The number of hydrogen-bond donors (Lipinski definition) is 3. The number of amides is 2. The van der Waals surface area contributed by atoms with Crippen LogP contribution in [0.15, 0.2) is 36.8 Å². The van der Waals surface area contributed by atoms with Gasteiger partial charge >= 0.3 is 6.03 Å². The molecular weight excluding hydrogens is 306 g/mol. The minimum absolute atomic E-state index is 0.148. The van der Waals surface area contributed by atoms with Crippen molar-refractivity contribution in [1.29, 1.82) is 0 Å². The molecule has 1 aliphatic rings. The van der Waals surface area contributed by atoms with Crippen molar-refractivity contribution in [3.05, 3.63) is 36.8 Å². The molecule has 0 aliphatic carbocycles. The number of carbonyl (C=O) groups is 1. The summed E-state index contributed by atoms with van der Waals surface area (Å²) in [6, 6.07) is 5.37. The van der Waals surface area contributed by atoms with Gasteiger partial charge in [0.25, 0.3) is 0 Å². The molecule has 0 atom stereocenters. The van der Waals surface area contributed by atoms with Crippen LogP contribution >= 0.6 is 0 Å². The second-order valence-electron chi connectivity index (χ2n) is 5.59. The molecule has 1 aliphatic heterocycles. The Balaban J connectivity index is 1.46. The molecule has 8 nitrogen and oxygen atoms in total. The summed E-state index contributed by atoms with van der Waals surface area (Å²) in [6.07, 6.45) is 6.84. The van der Waals surface area contributed by atoms with Crippen molar-refractivity contribution in [1.82, 2.24) is 20.3 Å². The molecule has 2 aromatic rings. The van der Waals surface area contributed by atoms with Crippen LogP contribution in [0.2, 0.25) is 0 Å². The number of aromatic nitrogens is 3. The number of carbonyl (C=O) groups excluding carboxylic acids is 1. The maximum absolute atomic E-state index is 12.1. The average Bonchev–Trinajstić information content (AvgIpc) is 2.64. The largest absolute Gasteiger partial charge is 0.373 e. The molecule has 8 heteroatoms. The molecule has 0 radical (unpaired) electrons. The van der Waals surface area contributed by atoms with Crippen LogP contribution in [0.4, 0.5) is 22.2 Å². The van der Waals surface area contributed by atoms with Gasteiger partial charge in [-0.2, -0.15) is 0 Å². The number of nitrogens with zero attached hydrogens (tertiary/aromatic N) is 4. The highest BCUT2D eigenvalue weighted by Crippen LogP contribution is 2.15. The maximum atomic E-state index is 12.1. The fourth-order valence-electron chi connectivity index (χ4n) is 2.65. The van der Waals surface area contributed by atoms with Gasteiger partial charge in [-0.3, -0.25) is 0 Å². The molecule has 0 bridgehead atoms. The summed E-state index contributed by atoms with van der Waals surface area (Å²) in [6.45, 7) is 1.65. The number of anilines is 3. The molecule has 2 aromatic heterocycles. The molecule has 126 valence electrons. The van der Waals surface area contributed by atoms with Crippen molar-refractivity contribution in [2.45, 2.75) is 18.9 Å². The Hall–Kier alpha value is -2.90. The highest BCUT2D eigenvalue weighted by Gasteiger charge is 2.22. The van der Waals surface area contributed by atoms with Crippen molar-refractivity contribution in [2.75, 3.05) is 35.7 Å². The molecule has 24 heavy (non-hydrogen) atoms. The molecule has 3 N–H and O–H groups in total. The number of rotatable bonds is 4. The maximum Gasteiger partial charge on any atom is 0.319 e. The molecule has 0 saturated carbocycles. The van der Waals surface area contributed by atoms with Crippen LogP contribution in [0.3, 0.4) is 0 Å². The van der Waals surface area contributed by atoms with Crippen molar-refractivity contribution in [3.63, 3.8) is 0 Å². The van der Waals surface area contributed by atoms with Gasteiger partial charge in [-0.25, -0.2) is 19.7 Å². The van der Waals surface area contributed by atoms with Crippen molar-refractivity contribution < 1.29 is 4.79 Å². The number of pyridine rings is 1. The molecule has 3 rings (SSSR count). The third-order valence-electron chi connectivity index (χ3n) is 3.94. The number of nitrogens with one attached hydrogen (secondary N) is 3. The Morgan fingerprint density at radius 3 is 2.54 bits per heavy atom. The van der Waals surface area contributed by atoms with Gasteiger partial charge in [-0.15, -0.1) is 0 Å². The second-order valence-corrected chi connectivity index (χ2v) is 5.59. The van der Waals surface area contributed by atoms with E-state index in [1.807, 2.05) is 12.1 Å². The van der Waals surface area contributed by atoms with Gasteiger partial charge in [-0.1, -0.05) is 0 Å². The van der Waals surface area contributed by atoms with E-state index in [1.54, 1.807) is 31.7 Å². The first-order chi connectivity index (χ1) is 11.7. The molecule has 1 saturated heterocycles. The van der Waals surface area contributed by atoms with Crippen LogP contribution in [-0.4, -0.2) is 47.2 Å². The van der Waals surface area contributed by atoms with E-state index in [1.165, 1.54) is 0 Å². The quantitative estimate of drug-likeness (QED) is 0.791. The smallest absolute Gasteiger partial charge is 0.319 e. The van der Waals surface area contributed by atoms with Crippen LogP contribution in [0.1, 0.15) is 12.8 Å². The zero-order valence-electron chi connectivity index (χ0n) is 13.6. The average molecular weight is 327 g/mol. The zero-order chi connectivity index (χ0) is 16.8. The Labute approximate surface area is 140 Å². The molecular formula is C16H21N7O. The fraction of sp³-hybridized carbons (Fsp3) is 0.375. The Morgan fingerprint density at radius 1 is 1.17 bits per heavy atom. The van der Waals surface area contributed by atoms with Gasteiger partial charge in [0.1, 0.15) is 5.82 Å². The van der Waals surface area contributed by atoms with Crippen LogP contribution in [0.25, 0.3) is 0 Å². The molecule has 3 heterocycles. The number of piperidine rings is 1. The second kappa shape index (κ2) is 7.58. The standard InChI is InChI=1S/C16H21N7O/c1-17-14-4-3-13(11-20-14)22-16(24)21-12-5-9-23(10-6-12)15-18-7-2-8-19-15/h2-4,7-8,11-12H,5-6,9-10H2,1H3,(H,17,20)(H2,21,22,24). The molecule has 0 unspecified atom stereocenters. The first-order valence-electron chi connectivity index (χ1n) is 7.98. The van der Waals surface area contributed by atoms with Gasteiger partial charge in [0.2, 0.25) is 5.95 Å². The third-order valence-corrected chi connectivity index (χ3v) is 3.94. The fourth-order valence-corrected chi connectivity index (χ4v) is 2.65. The van der Waals surface area contributed by atoms with Crippen molar-refractivity contribution in [2.24, 2.45) is 0 Å². The molecule has 0 spiro atoms. The van der Waals surface area contributed by atoms with Gasteiger partial charge < -0.3 is 20.9 Å². The van der Waals surface area contributed by atoms with Crippen LogP contribution in [0.5, 0.6) is 0 Å². The predicted molar refractivity (Wildman–Crippen MR) is 93.2 cm³/mol. The predicted octanol–water partition coefficient (Wildman–Crippen LogP) is 1.70. The van der Waals surface area contributed by atoms with E-state index in [2.05, 4.69) is 35.8 Å². The van der Waals surface area contributed by atoms with Gasteiger partial charge in [0.15, 0.2) is 0 Å².